The van der Waals surface area contributed by atoms with Gasteiger partial charge in [-0.3, -0.25) is 0 Å². The first-order chi connectivity index (χ1) is 5.89. The molecule has 0 heterocycles. The van der Waals surface area contributed by atoms with E-state index in [2.05, 4.69) is 18.2 Å². The lowest BCUT2D eigenvalue weighted by Crippen LogP contribution is -2.13. The van der Waals surface area contributed by atoms with Crippen LogP contribution < -0.4 is 0 Å². The zero-order valence-electron chi connectivity index (χ0n) is 7.55. The largest absolute Gasteiger partial charge is 0.0845 e. The molecule has 0 spiro atoms. The van der Waals surface area contributed by atoms with Gasteiger partial charge in [-0.1, -0.05) is 23.8 Å². The number of rotatable bonds is 1. The zero-order chi connectivity index (χ0) is 8.02. The molecule has 0 aromatic rings. The van der Waals surface area contributed by atoms with Crippen LogP contribution in [0.1, 0.15) is 38.5 Å². The molecule has 3 rings (SSSR count). The van der Waals surface area contributed by atoms with Crippen LogP contribution in [-0.2, 0) is 0 Å². The van der Waals surface area contributed by atoms with E-state index in [0.717, 1.165) is 5.92 Å². The fourth-order valence-electron chi connectivity index (χ4n) is 3.27. The molecule has 2 bridgehead atoms. The van der Waals surface area contributed by atoms with Crippen molar-refractivity contribution in [1.82, 2.24) is 0 Å². The molecule has 64 valence electrons. The summed E-state index contributed by atoms with van der Waals surface area (Å²) >= 11 is 0. The van der Waals surface area contributed by atoms with E-state index < -0.39 is 0 Å². The average molecular weight is 160 g/mol. The fraction of sp³-hybridized carbons (Fsp3) is 0.667. The predicted octanol–water partition coefficient (Wildman–Crippen LogP) is 3.45. The van der Waals surface area contributed by atoms with E-state index >= 15 is 0 Å². The van der Waals surface area contributed by atoms with Crippen LogP contribution in [-0.4, -0.2) is 0 Å². The van der Waals surface area contributed by atoms with Crippen LogP contribution in [0.5, 0.6) is 0 Å². The van der Waals surface area contributed by atoms with Crippen molar-refractivity contribution in [2.45, 2.75) is 38.5 Å². The average Bonchev–Trinajstić information content (AvgIpc) is 2.82. The Labute approximate surface area is 74.4 Å². The Morgan fingerprint density at radius 2 is 2.42 bits per heavy atom. The summed E-state index contributed by atoms with van der Waals surface area (Å²) in [6.07, 6.45) is 16.0. The zero-order valence-corrected chi connectivity index (χ0v) is 7.55. The number of allylic oxidation sites excluding steroid dienone is 4. The second-order valence-electron chi connectivity index (χ2n) is 4.64. The standard InChI is InChI=1S/C12H16/c1-2-4-11(3-1)12-7-5-10(9-12)6-8-12/h3,5,7,10H,1-2,4,6,8-9H2. The smallest absolute Gasteiger partial charge is 0.00966 e. The van der Waals surface area contributed by atoms with Crippen LogP contribution in [0.4, 0.5) is 0 Å². The number of hydrogen-bond donors (Lipinski definition) is 0. The molecule has 0 saturated heterocycles. The lowest BCUT2D eigenvalue weighted by molar-refractivity contribution is 0.474. The maximum Gasteiger partial charge on any atom is 0.00966 e. The van der Waals surface area contributed by atoms with Gasteiger partial charge in [-0.15, -0.1) is 0 Å². The normalized spacial score (nSPS) is 44.0. The Morgan fingerprint density at radius 3 is 2.92 bits per heavy atom. The fourth-order valence-corrected chi connectivity index (χ4v) is 3.27. The van der Waals surface area contributed by atoms with Gasteiger partial charge in [0.2, 0.25) is 0 Å². The van der Waals surface area contributed by atoms with Crippen molar-refractivity contribution in [3.05, 3.63) is 23.8 Å². The van der Waals surface area contributed by atoms with Gasteiger partial charge in [0.25, 0.3) is 0 Å². The summed E-state index contributed by atoms with van der Waals surface area (Å²) in [5.41, 5.74) is 2.35. The lowest BCUT2D eigenvalue weighted by Gasteiger charge is -2.25. The molecule has 12 heavy (non-hydrogen) atoms. The molecule has 0 N–H and O–H groups in total. The van der Waals surface area contributed by atoms with Crippen LogP contribution in [0.25, 0.3) is 0 Å². The van der Waals surface area contributed by atoms with Gasteiger partial charge in [0.15, 0.2) is 0 Å². The van der Waals surface area contributed by atoms with Crippen LogP contribution in [0.15, 0.2) is 23.8 Å². The van der Waals surface area contributed by atoms with Gasteiger partial charge in [-0.2, -0.15) is 0 Å². The molecule has 0 aromatic heterocycles. The van der Waals surface area contributed by atoms with E-state index in [1.165, 1.54) is 38.5 Å². The first kappa shape index (κ1) is 6.94. The maximum absolute atomic E-state index is 2.51. The summed E-state index contributed by atoms with van der Waals surface area (Å²) in [5.74, 6) is 0.937. The van der Waals surface area contributed by atoms with Gasteiger partial charge in [0.05, 0.1) is 0 Å². The Morgan fingerprint density at radius 1 is 1.42 bits per heavy atom. The summed E-state index contributed by atoms with van der Waals surface area (Å²) < 4.78 is 0. The monoisotopic (exact) mass is 160 g/mol. The molecule has 0 radical (unpaired) electrons. The maximum atomic E-state index is 2.51. The summed E-state index contributed by atoms with van der Waals surface area (Å²) in [6.45, 7) is 0. The molecule has 2 atom stereocenters. The Bertz CT molecular complexity index is 259. The van der Waals surface area contributed by atoms with Crippen LogP contribution in [0.2, 0.25) is 0 Å². The van der Waals surface area contributed by atoms with Crippen molar-refractivity contribution >= 4 is 0 Å². The first-order valence-electron chi connectivity index (χ1n) is 5.28. The summed E-state index contributed by atoms with van der Waals surface area (Å²) in [7, 11) is 0. The van der Waals surface area contributed by atoms with Crippen molar-refractivity contribution in [3.8, 4) is 0 Å². The van der Waals surface area contributed by atoms with E-state index in [1.54, 1.807) is 5.57 Å². The molecule has 3 aliphatic carbocycles. The van der Waals surface area contributed by atoms with Crippen molar-refractivity contribution in [2.75, 3.05) is 0 Å². The van der Waals surface area contributed by atoms with Crippen molar-refractivity contribution in [1.29, 1.82) is 0 Å². The highest BCUT2D eigenvalue weighted by Gasteiger charge is 2.43. The minimum atomic E-state index is 0.571. The van der Waals surface area contributed by atoms with Gasteiger partial charge in [0.1, 0.15) is 0 Å². The Kier molecular flexibility index (Phi) is 1.30. The topological polar surface area (TPSA) is 0 Å². The highest BCUT2D eigenvalue weighted by atomic mass is 14.5. The SMILES string of the molecule is C1=CC2(C3=CCCC3)CCC1C2. The molecule has 0 aliphatic heterocycles. The minimum Gasteiger partial charge on any atom is -0.0845 e. The highest BCUT2D eigenvalue weighted by molar-refractivity contribution is 5.32. The molecule has 2 unspecified atom stereocenters. The molecule has 1 saturated carbocycles. The predicted molar refractivity (Wildman–Crippen MR) is 50.8 cm³/mol. The third-order valence-corrected chi connectivity index (χ3v) is 3.96. The first-order valence-corrected chi connectivity index (χ1v) is 5.28. The third kappa shape index (κ3) is 0.784. The van der Waals surface area contributed by atoms with E-state index in [0.29, 0.717) is 5.41 Å². The molecule has 0 heteroatoms. The molecular weight excluding hydrogens is 144 g/mol. The van der Waals surface area contributed by atoms with Crippen molar-refractivity contribution < 1.29 is 0 Å². The van der Waals surface area contributed by atoms with E-state index in [-0.39, 0.29) is 0 Å². The van der Waals surface area contributed by atoms with E-state index in [4.69, 9.17) is 0 Å². The van der Waals surface area contributed by atoms with Crippen molar-refractivity contribution in [3.63, 3.8) is 0 Å². The highest BCUT2D eigenvalue weighted by Crippen LogP contribution is 2.55. The van der Waals surface area contributed by atoms with Crippen molar-refractivity contribution in [2.24, 2.45) is 11.3 Å². The summed E-state index contributed by atoms with van der Waals surface area (Å²) in [5, 5.41) is 0. The van der Waals surface area contributed by atoms with Crippen LogP contribution >= 0.6 is 0 Å². The minimum absolute atomic E-state index is 0.571. The second-order valence-corrected chi connectivity index (χ2v) is 4.64. The second kappa shape index (κ2) is 2.25. The quantitative estimate of drug-likeness (QED) is 0.515. The Hall–Kier alpha value is -0.520. The summed E-state index contributed by atoms with van der Waals surface area (Å²) in [6, 6.07) is 0. The van der Waals surface area contributed by atoms with Gasteiger partial charge >= 0.3 is 0 Å². The molecule has 3 aliphatic rings. The van der Waals surface area contributed by atoms with Crippen LogP contribution in [0, 0.1) is 11.3 Å². The Balaban J connectivity index is 1.95. The van der Waals surface area contributed by atoms with Gasteiger partial charge in [-0.25, -0.2) is 0 Å². The van der Waals surface area contributed by atoms with Gasteiger partial charge in [-0.05, 0) is 44.4 Å². The summed E-state index contributed by atoms with van der Waals surface area (Å²) in [4.78, 5) is 0. The molecule has 0 nitrogen and oxygen atoms in total. The molecular formula is C12H16. The molecule has 0 amide bonds. The van der Waals surface area contributed by atoms with Gasteiger partial charge in [0, 0.05) is 5.41 Å². The van der Waals surface area contributed by atoms with Gasteiger partial charge < -0.3 is 0 Å². The number of hydrogen-bond acceptors (Lipinski definition) is 0. The molecule has 1 fully saturated rings. The van der Waals surface area contributed by atoms with E-state index in [1.807, 2.05) is 0 Å². The van der Waals surface area contributed by atoms with E-state index in [9.17, 15) is 0 Å². The lowest BCUT2D eigenvalue weighted by atomic mass is 9.79. The molecule has 0 aromatic carbocycles. The number of fused-ring (bicyclic) bond motifs is 2. The van der Waals surface area contributed by atoms with Crippen LogP contribution in [0.3, 0.4) is 0 Å². The third-order valence-electron chi connectivity index (χ3n) is 3.96.